The van der Waals surface area contributed by atoms with Crippen LogP contribution in [-0.4, -0.2) is 43.1 Å². The summed E-state index contributed by atoms with van der Waals surface area (Å²) in [5.41, 5.74) is 0.923. The maximum absolute atomic E-state index is 12.9. The number of hydrogen-bond donors (Lipinski definition) is 0. The summed E-state index contributed by atoms with van der Waals surface area (Å²) in [6, 6.07) is 7.43. The van der Waals surface area contributed by atoms with Gasteiger partial charge in [0.1, 0.15) is 4.90 Å². The van der Waals surface area contributed by atoms with E-state index in [0.717, 1.165) is 10.9 Å². The molecule has 0 N–H and O–H groups in total. The van der Waals surface area contributed by atoms with Crippen molar-refractivity contribution in [3.05, 3.63) is 30.5 Å². The molecular formula is C14H18N2O3S. The van der Waals surface area contributed by atoms with Crippen molar-refractivity contribution in [3.63, 3.8) is 0 Å². The fraction of sp³-hybridized carbons (Fsp3) is 0.429. The van der Waals surface area contributed by atoms with Gasteiger partial charge in [-0.2, -0.15) is 4.31 Å². The molecular weight excluding hydrogens is 276 g/mol. The highest BCUT2D eigenvalue weighted by molar-refractivity contribution is 7.89. The topological polar surface area (TPSA) is 51.5 Å². The van der Waals surface area contributed by atoms with Gasteiger partial charge in [0.2, 0.25) is 10.0 Å². The zero-order valence-corrected chi connectivity index (χ0v) is 12.4. The van der Waals surface area contributed by atoms with Crippen LogP contribution >= 0.6 is 0 Å². The van der Waals surface area contributed by atoms with E-state index in [-0.39, 0.29) is 6.04 Å². The summed E-state index contributed by atoms with van der Waals surface area (Å²) < 4.78 is 34.5. The zero-order valence-electron chi connectivity index (χ0n) is 11.6. The summed E-state index contributed by atoms with van der Waals surface area (Å²) >= 11 is 0. The normalized spacial score (nSPS) is 21.4. The van der Waals surface area contributed by atoms with Crippen molar-refractivity contribution in [2.24, 2.45) is 7.05 Å². The molecule has 1 saturated heterocycles. The summed E-state index contributed by atoms with van der Waals surface area (Å²) in [5, 5.41) is 0.772. The molecule has 0 amide bonds. The SMILES string of the molecule is C[C@H]1COCCN1S(=O)(=O)c1cn(C)c2ccccc12. The Morgan fingerprint density at radius 2 is 2.05 bits per heavy atom. The smallest absolute Gasteiger partial charge is 0.245 e. The van der Waals surface area contributed by atoms with E-state index in [1.165, 1.54) is 4.31 Å². The highest BCUT2D eigenvalue weighted by Gasteiger charge is 2.33. The lowest BCUT2D eigenvalue weighted by Gasteiger charge is -2.32. The van der Waals surface area contributed by atoms with Gasteiger partial charge in [0.25, 0.3) is 0 Å². The second-order valence-electron chi connectivity index (χ2n) is 5.16. The maximum Gasteiger partial charge on any atom is 0.245 e. The van der Waals surface area contributed by atoms with Crippen LogP contribution in [0.5, 0.6) is 0 Å². The molecule has 2 aromatic rings. The van der Waals surface area contributed by atoms with Crippen molar-refractivity contribution < 1.29 is 13.2 Å². The van der Waals surface area contributed by atoms with E-state index >= 15 is 0 Å². The van der Waals surface area contributed by atoms with Crippen molar-refractivity contribution in [2.75, 3.05) is 19.8 Å². The monoisotopic (exact) mass is 294 g/mol. The van der Waals surface area contributed by atoms with E-state index in [1.54, 1.807) is 6.20 Å². The number of rotatable bonds is 2. The number of nitrogens with zero attached hydrogens (tertiary/aromatic N) is 2. The van der Waals surface area contributed by atoms with E-state index < -0.39 is 10.0 Å². The summed E-state index contributed by atoms with van der Waals surface area (Å²) in [5.74, 6) is 0. The lowest BCUT2D eigenvalue weighted by atomic mass is 10.2. The molecule has 2 heterocycles. The molecule has 20 heavy (non-hydrogen) atoms. The number of morpholine rings is 1. The number of aryl methyl sites for hydroxylation is 1. The Morgan fingerprint density at radius 3 is 2.80 bits per heavy atom. The fourth-order valence-electron chi connectivity index (χ4n) is 2.71. The summed E-state index contributed by atoms with van der Waals surface area (Å²) in [4.78, 5) is 0.379. The minimum atomic E-state index is -3.48. The van der Waals surface area contributed by atoms with Gasteiger partial charge in [-0.05, 0) is 13.0 Å². The van der Waals surface area contributed by atoms with Gasteiger partial charge in [-0.25, -0.2) is 8.42 Å². The molecule has 1 atom stereocenters. The molecule has 0 unspecified atom stereocenters. The van der Waals surface area contributed by atoms with E-state index in [2.05, 4.69) is 0 Å². The number of benzene rings is 1. The van der Waals surface area contributed by atoms with Gasteiger partial charge in [0, 0.05) is 36.7 Å². The third-order valence-electron chi connectivity index (χ3n) is 3.75. The Hall–Kier alpha value is -1.37. The van der Waals surface area contributed by atoms with Gasteiger partial charge in [-0.3, -0.25) is 0 Å². The van der Waals surface area contributed by atoms with Crippen molar-refractivity contribution in [1.82, 2.24) is 8.87 Å². The van der Waals surface area contributed by atoms with Gasteiger partial charge in [0.05, 0.1) is 13.2 Å². The van der Waals surface area contributed by atoms with Crippen LogP contribution in [0.25, 0.3) is 10.9 Å². The van der Waals surface area contributed by atoms with E-state index in [4.69, 9.17) is 4.74 Å². The molecule has 1 aliphatic rings. The van der Waals surface area contributed by atoms with Crippen LogP contribution in [0.2, 0.25) is 0 Å². The average Bonchev–Trinajstić information content (AvgIpc) is 2.78. The van der Waals surface area contributed by atoms with Crippen LogP contribution in [0.1, 0.15) is 6.92 Å². The first-order chi connectivity index (χ1) is 9.51. The van der Waals surface area contributed by atoms with Crippen LogP contribution in [0.4, 0.5) is 0 Å². The molecule has 0 spiro atoms. The largest absolute Gasteiger partial charge is 0.378 e. The molecule has 1 fully saturated rings. The molecule has 1 aromatic carbocycles. The highest BCUT2D eigenvalue weighted by atomic mass is 32.2. The van der Waals surface area contributed by atoms with Crippen LogP contribution < -0.4 is 0 Å². The first-order valence-electron chi connectivity index (χ1n) is 6.65. The number of fused-ring (bicyclic) bond motifs is 1. The van der Waals surface area contributed by atoms with Gasteiger partial charge in [-0.15, -0.1) is 0 Å². The van der Waals surface area contributed by atoms with Crippen LogP contribution in [0.3, 0.4) is 0 Å². The first kappa shape index (κ1) is 13.6. The second-order valence-corrected chi connectivity index (χ2v) is 7.02. The molecule has 0 bridgehead atoms. The fourth-order valence-corrected chi connectivity index (χ4v) is 4.55. The summed E-state index contributed by atoms with van der Waals surface area (Å²) in [6.45, 7) is 3.19. The summed E-state index contributed by atoms with van der Waals surface area (Å²) in [6.07, 6.45) is 1.70. The van der Waals surface area contributed by atoms with Gasteiger partial charge < -0.3 is 9.30 Å². The Bertz CT molecular complexity index is 736. The quantitative estimate of drug-likeness (QED) is 0.845. The maximum atomic E-state index is 12.9. The van der Waals surface area contributed by atoms with E-state index in [0.29, 0.717) is 24.7 Å². The molecule has 1 aromatic heterocycles. The number of aromatic nitrogens is 1. The minimum Gasteiger partial charge on any atom is -0.378 e. The van der Waals surface area contributed by atoms with Crippen molar-refractivity contribution in [2.45, 2.75) is 17.9 Å². The van der Waals surface area contributed by atoms with Crippen molar-refractivity contribution in [1.29, 1.82) is 0 Å². The molecule has 3 rings (SSSR count). The number of para-hydroxylation sites is 1. The predicted octanol–water partition coefficient (Wildman–Crippen LogP) is 1.59. The number of hydrogen-bond acceptors (Lipinski definition) is 3. The van der Waals surface area contributed by atoms with Gasteiger partial charge >= 0.3 is 0 Å². The minimum absolute atomic E-state index is 0.132. The second kappa shape index (κ2) is 4.87. The number of ether oxygens (including phenoxy) is 1. The van der Waals surface area contributed by atoms with E-state index in [1.807, 2.05) is 42.8 Å². The van der Waals surface area contributed by atoms with Crippen molar-refractivity contribution in [3.8, 4) is 0 Å². The molecule has 6 heteroatoms. The highest BCUT2D eigenvalue weighted by Crippen LogP contribution is 2.28. The molecule has 0 saturated carbocycles. The van der Waals surface area contributed by atoms with Gasteiger partial charge in [0.15, 0.2) is 0 Å². The lowest BCUT2D eigenvalue weighted by Crippen LogP contribution is -2.46. The number of sulfonamides is 1. The molecule has 0 radical (unpaired) electrons. The third kappa shape index (κ3) is 2.04. The van der Waals surface area contributed by atoms with Gasteiger partial charge in [-0.1, -0.05) is 18.2 Å². The van der Waals surface area contributed by atoms with Crippen LogP contribution in [0, 0.1) is 0 Å². The zero-order chi connectivity index (χ0) is 14.3. The Kier molecular flexibility index (Phi) is 3.32. The Balaban J connectivity index is 2.14. The molecule has 1 aliphatic heterocycles. The Labute approximate surface area is 118 Å². The average molecular weight is 294 g/mol. The third-order valence-corrected chi connectivity index (χ3v) is 5.79. The first-order valence-corrected chi connectivity index (χ1v) is 8.09. The lowest BCUT2D eigenvalue weighted by molar-refractivity contribution is 0.0393. The predicted molar refractivity (Wildman–Crippen MR) is 77.1 cm³/mol. The Morgan fingerprint density at radius 1 is 1.30 bits per heavy atom. The van der Waals surface area contributed by atoms with E-state index in [9.17, 15) is 8.42 Å². The molecule has 5 nitrogen and oxygen atoms in total. The van der Waals surface area contributed by atoms with Crippen molar-refractivity contribution >= 4 is 20.9 Å². The molecule has 0 aliphatic carbocycles. The molecule has 108 valence electrons. The van der Waals surface area contributed by atoms with Crippen LogP contribution in [0.15, 0.2) is 35.4 Å². The summed E-state index contributed by atoms with van der Waals surface area (Å²) in [7, 11) is -1.62. The standard InChI is InChI=1S/C14H18N2O3S/c1-11-10-19-8-7-16(11)20(17,18)14-9-15(2)13-6-4-3-5-12(13)14/h3-6,9,11H,7-8,10H2,1-2H3/t11-/m0/s1. The van der Waals surface area contributed by atoms with Crippen LogP contribution in [-0.2, 0) is 21.8 Å².